The van der Waals surface area contributed by atoms with Crippen molar-refractivity contribution in [3.05, 3.63) is 65.4 Å². The number of ether oxygens (including phenoxy) is 2. The fraction of sp³-hybridized carbons (Fsp3) is 0.273. The highest BCUT2D eigenvalue weighted by Crippen LogP contribution is 2.27. The van der Waals surface area contributed by atoms with Crippen LogP contribution in [0.5, 0.6) is 11.5 Å². The molecular weight excluding hydrogens is 352 g/mol. The summed E-state index contributed by atoms with van der Waals surface area (Å²) in [6.45, 7) is 4.74. The van der Waals surface area contributed by atoms with E-state index < -0.39 is 0 Å². The molecule has 0 aliphatic heterocycles. The molecule has 0 radical (unpaired) electrons. The predicted molar refractivity (Wildman–Crippen MR) is 113 cm³/mol. The lowest BCUT2D eigenvalue weighted by atomic mass is 10.1. The molecule has 1 heterocycles. The van der Waals surface area contributed by atoms with E-state index in [0.29, 0.717) is 12.5 Å². The third-order valence-corrected chi connectivity index (χ3v) is 4.41. The van der Waals surface area contributed by atoms with Crippen molar-refractivity contribution < 1.29 is 9.47 Å². The summed E-state index contributed by atoms with van der Waals surface area (Å²) in [5, 5.41) is 6.67. The number of aryl methyl sites for hydroxylation is 2. The molecule has 28 heavy (non-hydrogen) atoms. The fourth-order valence-electron chi connectivity index (χ4n) is 2.92. The average Bonchev–Trinajstić information content (AvgIpc) is 2.69. The smallest absolute Gasteiger partial charge is 0.224 e. The molecule has 0 amide bonds. The van der Waals surface area contributed by atoms with E-state index in [1.165, 1.54) is 5.56 Å². The average molecular weight is 378 g/mol. The highest BCUT2D eigenvalue weighted by atomic mass is 16.5. The minimum atomic E-state index is 0.608. The van der Waals surface area contributed by atoms with Crippen molar-refractivity contribution in [3.63, 3.8) is 0 Å². The molecule has 0 saturated heterocycles. The third kappa shape index (κ3) is 4.91. The molecule has 2 aromatic carbocycles. The molecule has 0 fully saturated rings. The molecule has 0 unspecified atom stereocenters. The van der Waals surface area contributed by atoms with Crippen LogP contribution >= 0.6 is 0 Å². The van der Waals surface area contributed by atoms with E-state index in [1.807, 2.05) is 49.4 Å². The molecule has 0 aliphatic rings. The quantitative estimate of drug-likeness (QED) is 0.601. The van der Waals surface area contributed by atoms with E-state index in [1.54, 1.807) is 14.2 Å². The van der Waals surface area contributed by atoms with Crippen molar-refractivity contribution >= 4 is 17.5 Å². The van der Waals surface area contributed by atoms with E-state index in [4.69, 9.17) is 9.47 Å². The van der Waals surface area contributed by atoms with Crippen molar-refractivity contribution in [3.8, 4) is 11.5 Å². The summed E-state index contributed by atoms with van der Waals surface area (Å²) in [7, 11) is 3.28. The lowest BCUT2D eigenvalue weighted by Crippen LogP contribution is -2.10. The number of methoxy groups -OCH3 is 2. The van der Waals surface area contributed by atoms with Crippen molar-refractivity contribution in [1.82, 2.24) is 9.97 Å². The maximum absolute atomic E-state index is 5.36. The number of aromatic nitrogens is 2. The van der Waals surface area contributed by atoms with Crippen LogP contribution in [0.3, 0.4) is 0 Å². The van der Waals surface area contributed by atoms with Gasteiger partial charge in [-0.05, 0) is 49.6 Å². The first kappa shape index (κ1) is 19.5. The second-order valence-electron chi connectivity index (χ2n) is 6.52. The minimum absolute atomic E-state index is 0.608. The van der Waals surface area contributed by atoms with E-state index in [-0.39, 0.29) is 0 Å². The monoisotopic (exact) mass is 378 g/mol. The number of para-hydroxylation sites is 1. The summed E-state index contributed by atoms with van der Waals surface area (Å²) in [6, 6.07) is 16.0. The Balaban J connectivity index is 1.65. The van der Waals surface area contributed by atoms with Crippen molar-refractivity contribution in [2.75, 3.05) is 31.4 Å². The normalized spacial score (nSPS) is 10.4. The van der Waals surface area contributed by atoms with Gasteiger partial charge in [-0.25, -0.2) is 4.98 Å². The summed E-state index contributed by atoms with van der Waals surface area (Å²) in [4.78, 5) is 9.07. The van der Waals surface area contributed by atoms with Crippen LogP contribution in [-0.4, -0.2) is 30.7 Å². The summed E-state index contributed by atoms with van der Waals surface area (Å²) >= 11 is 0. The molecule has 0 saturated carbocycles. The zero-order valence-electron chi connectivity index (χ0n) is 16.7. The van der Waals surface area contributed by atoms with Crippen LogP contribution < -0.4 is 20.1 Å². The number of hydrogen-bond acceptors (Lipinski definition) is 6. The molecule has 0 bridgehead atoms. The summed E-state index contributed by atoms with van der Waals surface area (Å²) in [6.07, 6.45) is 0.818. The van der Waals surface area contributed by atoms with Gasteiger partial charge in [-0.3, -0.25) is 0 Å². The number of anilines is 3. The molecular formula is C22H26N4O2. The number of rotatable bonds is 8. The Bertz CT molecular complexity index is 944. The second kappa shape index (κ2) is 9.08. The van der Waals surface area contributed by atoms with Gasteiger partial charge in [-0.15, -0.1) is 0 Å². The Labute approximate surface area is 166 Å². The standard InChI is InChI=1S/C22H26N4O2/c1-15-7-5-6-8-18(15)25-21-13-16(2)24-22(26-21)23-12-11-17-9-10-19(27-3)20(14-17)28-4/h5-10,13-14H,11-12H2,1-4H3,(H2,23,24,25,26). The van der Waals surface area contributed by atoms with Gasteiger partial charge in [0.15, 0.2) is 11.5 Å². The summed E-state index contributed by atoms with van der Waals surface area (Å²) < 4.78 is 10.6. The SMILES string of the molecule is COc1ccc(CCNc2nc(C)cc(Nc3ccccc3C)n2)cc1OC. The van der Waals surface area contributed by atoms with E-state index in [9.17, 15) is 0 Å². The Morgan fingerprint density at radius 3 is 2.43 bits per heavy atom. The molecule has 0 aliphatic carbocycles. The van der Waals surface area contributed by atoms with Gasteiger partial charge >= 0.3 is 0 Å². The largest absolute Gasteiger partial charge is 0.493 e. The first-order valence-corrected chi connectivity index (χ1v) is 9.22. The van der Waals surface area contributed by atoms with E-state index in [0.717, 1.165) is 40.7 Å². The van der Waals surface area contributed by atoms with Crippen molar-refractivity contribution in [1.29, 1.82) is 0 Å². The molecule has 6 nitrogen and oxygen atoms in total. The number of nitrogens with one attached hydrogen (secondary N) is 2. The molecule has 1 aromatic heterocycles. The maximum atomic E-state index is 5.36. The van der Waals surface area contributed by atoms with Crippen LogP contribution in [0.2, 0.25) is 0 Å². The predicted octanol–water partition coefficient (Wildman–Crippen LogP) is 4.51. The van der Waals surface area contributed by atoms with Crippen LogP contribution in [-0.2, 0) is 6.42 Å². The third-order valence-electron chi connectivity index (χ3n) is 4.41. The zero-order chi connectivity index (χ0) is 19.9. The Morgan fingerprint density at radius 1 is 0.893 bits per heavy atom. The van der Waals surface area contributed by atoms with Crippen molar-refractivity contribution in [2.45, 2.75) is 20.3 Å². The summed E-state index contributed by atoms with van der Waals surface area (Å²) in [5.41, 5.74) is 4.26. The topological polar surface area (TPSA) is 68.3 Å². The van der Waals surface area contributed by atoms with Gasteiger partial charge in [-0.1, -0.05) is 24.3 Å². The van der Waals surface area contributed by atoms with E-state index >= 15 is 0 Å². The zero-order valence-corrected chi connectivity index (χ0v) is 16.7. The highest BCUT2D eigenvalue weighted by Gasteiger charge is 2.06. The highest BCUT2D eigenvalue weighted by molar-refractivity contribution is 5.61. The molecule has 0 spiro atoms. The molecule has 0 atom stereocenters. The van der Waals surface area contributed by atoms with Gasteiger partial charge in [0.1, 0.15) is 5.82 Å². The first-order chi connectivity index (χ1) is 13.6. The Hall–Kier alpha value is -3.28. The Kier molecular flexibility index (Phi) is 6.32. The molecule has 2 N–H and O–H groups in total. The van der Waals surface area contributed by atoms with Crippen LogP contribution in [0.1, 0.15) is 16.8 Å². The maximum Gasteiger partial charge on any atom is 0.224 e. The van der Waals surface area contributed by atoms with Gasteiger partial charge in [0, 0.05) is 24.0 Å². The van der Waals surface area contributed by atoms with Gasteiger partial charge in [0.2, 0.25) is 5.95 Å². The molecule has 6 heteroatoms. The van der Waals surface area contributed by atoms with Crippen LogP contribution in [0, 0.1) is 13.8 Å². The van der Waals surface area contributed by atoms with Crippen LogP contribution in [0.25, 0.3) is 0 Å². The number of nitrogens with zero attached hydrogens (tertiary/aromatic N) is 2. The molecule has 3 aromatic rings. The minimum Gasteiger partial charge on any atom is -0.493 e. The van der Waals surface area contributed by atoms with Gasteiger partial charge in [0.25, 0.3) is 0 Å². The molecule has 146 valence electrons. The fourth-order valence-corrected chi connectivity index (χ4v) is 2.92. The van der Waals surface area contributed by atoms with Crippen LogP contribution in [0.15, 0.2) is 48.5 Å². The van der Waals surface area contributed by atoms with E-state index in [2.05, 4.69) is 33.6 Å². The lowest BCUT2D eigenvalue weighted by molar-refractivity contribution is 0.354. The van der Waals surface area contributed by atoms with Gasteiger partial charge < -0.3 is 20.1 Å². The van der Waals surface area contributed by atoms with Crippen molar-refractivity contribution in [2.24, 2.45) is 0 Å². The molecule has 3 rings (SSSR count). The first-order valence-electron chi connectivity index (χ1n) is 9.22. The van der Waals surface area contributed by atoms with Gasteiger partial charge in [0.05, 0.1) is 14.2 Å². The summed E-state index contributed by atoms with van der Waals surface area (Å²) in [5.74, 6) is 2.84. The lowest BCUT2D eigenvalue weighted by Gasteiger charge is -2.12. The second-order valence-corrected chi connectivity index (χ2v) is 6.52. The number of hydrogen-bond donors (Lipinski definition) is 2. The Morgan fingerprint density at radius 2 is 1.68 bits per heavy atom. The van der Waals surface area contributed by atoms with Crippen LogP contribution in [0.4, 0.5) is 17.5 Å². The van der Waals surface area contributed by atoms with Gasteiger partial charge in [-0.2, -0.15) is 4.98 Å². The number of benzene rings is 2.